The Morgan fingerprint density at radius 3 is 2.40 bits per heavy atom. The van der Waals surface area contributed by atoms with Crippen LogP contribution in [0.15, 0.2) is 66.7 Å². The molecular formula is C34H39ClN2O3. The van der Waals surface area contributed by atoms with E-state index in [2.05, 4.69) is 13.0 Å². The fourth-order valence-electron chi connectivity index (χ4n) is 6.11. The molecule has 40 heavy (non-hydrogen) atoms. The lowest BCUT2D eigenvalue weighted by Gasteiger charge is -2.28. The zero-order valence-corrected chi connectivity index (χ0v) is 24.4. The summed E-state index contributed by atoms with van der Waals surface area (Å²) in [4.78, 5) is 30.4. The first-order valence-electron chi connectivity index (χ1n) is 14.5. The highest BCUT2D eigenvalue weighted by atomic mass is 35.5. The molecule has 0 spiro atoms. The monoisotopic (exact) mass is 558 g/mol. The molecule has 2 heterocycles. The summed E-state index contributed by atoms with van der Waals surface area (Å²) in [5.41, 5.74) is 4.39. The zero-order valence-electron chi connectivity index (χ0n) is 23.6. The van der Waals surface area contributed by atoms with Gasteiger partial charge in [-0.15, -0.1) is 0 Å². The van der Waals surface area contributed by atoms with Crippen LogP contribution in [0.1, 0.15) is 79.4 Å². The van der Waals surface area contributed by atoms with Crippen LogP contribution in [0, 0.1) is 0 Å². The van der Waals surface area contributed by atoms with E-state index in [1.807, 2.05) is 70.5 Å². The molecule has 2 aliphatic heterocycles. The SMILES string of the molecule is CC(=O)N1CCCCCCCCN(C(=O)c2ccc3c(c2)CC(C)(Cc2cccc(Cl)c2)O3)Cc2ccccc21. The maximum absolute atomic E-state index is 14.0. The van der Waals surface area contributed by atoms with Crippen molar-refractivity contribution in [3.05, 3.63) is 94.0 Å². The minimum atomic E-state index is -0.393. The molecule has 6 heteroatoms. The Morgan fingerprint density at radius 2 is 1.62 bits per heavy atom. The van der Waals surface area contributed by atoms with E-state index < -0.39 is 5.60 Å². The van der Waals surface area contributed by atoms with Crippen molar-refractivity contribution < 1.29 is 14.3 Å². The Hall–Kier alpha value is -3.31. The van der Waals surface area contributed by atoms with Crippen LogP contribution in [0.25, 0.3) is 0 Å². The lowest BCUT2D eigenvalue weighted by molar-refractivity contribution is -0.116. The Bertz CT molecular complexity index is 1370. The van der Waals surface area contributed by atoms with Gasteiger partial charge in [0.1, 0.15) is 11.4 Å². The van der Waals surface area contributed by atoms with E-state index in [0.717, 1.165) is 84.5 Å². The van der Waals surface area contributed by atoms with Crippen LogP contribution in [0.2, 0.25) is 5.02 Å². The second-order valence-electron chi connectivity index (χ2n) is 11.5. The standard InChI is InChI=1S/C34H39ClN2O3/c1-25(38)37-19-10-6-4-3-5-9-18-36(24-28-13-7-8-15-31(28)37)33(39)27-16-17-32-29(21-27)23-34(2,40-32)22-26-12-11-14-30(35)20-26/h7-8,11-17,20-21H,3-6,9-10,18-19,22-24H2,1-2H3. The van der Waals surface area contributed by atoms with Crippen LogP contribution in [0.3, 0.4) is 0 Å². The number of fused-ring (bicyclic) bond motifs is 2. The number of carbonyl (C=O) groups excluding carboxylic acids is 2. The normalized spacial score (nSPS) is 19.9. The number of para-hydroxylation sites is 1. The minimum absolute atomic E-state index is 0.0188. The number of carbonyl (C=O) groups is 2. The van der Waals surface area contributed by atoms with E-state index in [4.69, 9.17) is 16.3 Å². The number of hydrogen-bond acceptors (Lipinski definition) is 3. The van der Waals surface area contributed by atoms with Crippen LogP contribution in [0.5, 0.6) is 5.75 Å². The van der Waals surface area contributed by atoms with Crippen LogP contribution in [-0.4, -0.2) is 35.4 Å². The molecule has 5 nitrogen and oxygen atoms in total. The van der Waals surface area contributed by atoms with E-state index >= 15 is 0 Å². The highest BCUT2D eigenvalue weighted by Crippen LogP contribution is 2.38. The molecule has 0 aliphatic carbocycles. The van der Waals surface area contributed by atoms with Crippen LogP contribution in [-0.2, 0) is 24.2 Å². The first-order chi connectivity index (χ1) is 19.3. The van der Waals surface area contributed by atoms with Gasteiger partial charge in [-0.3, -0.25) is 9.59 Å². The Labute approximate surface area is 243 Å². The fourth-order valence-corrected chi connectivity index (χ4v) is 6.32. The third-order valence-corrected chi connectivity index (χ3v) is 8.30. The molecular weight excluding hydrogens is 520 g/mol. The summed E-state index contributed by atoms with van der Waals surface area (Å²) >= 11 is 6.21. The molecule has 0 saturated carbocycles. The van der Waals surface area contributed by atoms with Gasteiger partial charge in [0.15, 0.2) is 0 Å². The van der Waals surface area contributed by atoms with Gasteiger partial charge in [-0.05, 0) is 72.9 Å². The molecule has 210 valence electrons. The van der Waals surface area contributed by atoms with Gasteiger partial charge in [-0.1, -0.05) is 67.6 Å². The summed E-state index contributed by atoms with van der Waals surface area (Å²) in [5, 5.41) is 0.721. The summed E-state index contributed by atoms with van der Waals surface area (Å²) in [6.07, 6.45) is 7.94. The molecule has 0 aromatic heterocycles. The average Bonchev–Trinajstić information content (AvgIpc) is 3.26. The minimum Gasteiger partial charge on any atom is -0.487 e. The van der Waals surface area contributed by atoms with Crippen molar-refractivity contribution in [1.82, 2.24) is 4.90 Å². The van der Waals surface area contributed by atoms with Gasteiger partial charge in [-0.2, -0.15) is 0 Å². The Balaban J connectivity index is 1.38. The smallest absolute Gasteiger partial charge is 0.254 e. The Morgan fingerprint density at radius 1 is 0.875 bits per heavy atom. The molecule has 1 atom stereocenters. The lowest BCUT2D eigenvalue weighted by atomic mass is 9.91. The van der Waals surface area contributed by atoms with Crippen molar-refractivity contribution >= 4 is 29.1 Å². The van der Waals surface area contributed by atoms with Crippen LogP contribution >= 0.6 is 11.6 Å². The predicted octanol–water partition coefficient (Wildman–Crippen LogP) is 7.63. The molecule has 0 fully saturated rings. The highest BCUT2D eigenvalue weighted by Gasteiger charge is 2.35. The number of halogens is 1. The van der Waals surface area contributed by atoms with Gasteiger partial charge in [0, 0.05) is 55.7 Å². The van der Waals surface area contributed by atoms with Gasteiger partial charge in [0.2, 0.25) is 5.91 Å². The molecule has 0 bridgehead atoms. The number of ether oxygens (including phenoxy) is 1. The molecule has 5 rings (SSSR count). The molecule has 2 aliphatic rings. The Kier molecular flexibility index (Phi) is 8.80. The van der Waals surface area contributed by atoms with Crippen molar-refractivity contribution in [3.8, 4) is 5.75 Å². The average molecular weight is 559 g/mol. The van der Waals surface area contributed by atoms with E-state index in [1.165, 1.54) is 0 Å². The van der Waals surface area contributed by atoms with Crippen molar-refractivity contribution in [2.75, 3.05) is 18.0 Å². The van der Waals surface area contributed by atoms with Crippen molar-refractivity contribution in [1.29, 1.82) is 0 Å². The summed E-state index contributed by atoms with van der Waals surface area (Å²) in [6.45, 7) is 5.61. The van der Waals surface area contributed by atoms with E-state index in [1.54, 1.807) is 6.92 Å². The molecule has 3 aromatic carbocycles. The third kappa shape index (κ3) is 6.69. The van der Waals surface area contributed by atoms with Crippen molar-refractivity contribution in [3.63, 3.8) is 0 Å². The van der Waals surface area contributed by atoms with Crippen LogP contribution < -0.4 is 9.64 Å². The summed E-state index contributed by atoms with van der Waals surface area (Å²) in [5.74, 6) is 0.901. The van der Waals surface area contributed by atoms with E-state index in [-0.39, 0.29) is 11.8 Å². The number of nitrogens with zero attached hydrogens (tertiary/aromatic N) is 2. The second-order valence-corrected chi connectivity index (χ2v) is 11.9. The largest absolute Gasteiger partial charge is 0.487 e. The summed E-state index contributed by atoms with van der Waals surface area (Å²) < 4.78 is 6.40. The predicted molar refractivity (Wildman–Crippen MR) is 161 cm³/mol. The summed E-state index contributed by atoms with van der Waals surface area (Å²) in [6, 6.07) is 21.8. The second kappa shape index (κ2) is 12.5. The fraction of sp³-hybridized carbons (Fsp3) is 0.412. The lowest BCUT2D eigenvalue weighted by Crippen LogP contribution is -2.34. The van der Waals surface area contributed by atoms with Crippen molar-refractivity contribution in [2.24, 2.45) is 0 Å². The molecule has 0 N–H and O–H groups in total. The quantitative estimate of drug-likeness (QED) is 0.332. The van der Waals surface area contributed by atoms with E-state index in [0.29, 0.717) is 25.2 Å². The van der Waals surface area contributed by atoms with Gasteiger partial charge in [-0.25, -0.2) is 0 Å². The molecule has 0 saturated heterocycles. The number of rotatable bonds is 3. The van der Waals surface area contributed by atoms with Gasteiger partial charge < -0.3 is 14.5 Å². The highest BCUT2D eigenvalue weighted by molar-refractivity contribution is 6.30. The number of hydrogen-bond donors (Lipinski definition) is 0. The third-order valence-electron chi connectivity index (χ3n) is 8.07. The number of amides is 2. The van der Waals surface area contributed by atoms with Crippen molar-refractivity contribution in [2.45, 2.75) is 77.4 Å². The van der Waals surface area contributed by atoms with Crippen LogP contribution in [0.4, 0.5) is 5.69 Å². The first kappa shape index (κ1) is 28.2. The van der Waals surface area contributed by atoms with Gasteiger partial charge >= 0.3 is 0 Å². The summed E-state index contributed by atoms with van der Waals surface area (Å²) in [7, 11) is 0. The topological polar surface area (TPSA) is 49.9 Å². The molecule has 1 unspecified atom stereocenters. The zero-order chi connectivity index (χ0) is 28.1. The first-order valence-corrected chi connectivity index (χ1v) is 14.9. The molecule has 3 aromatic rings. The van der Waals surface area contributed by atoms with Gasteiger partial charge in [0.05, 0.1) is 0 Å². The van der Waals surface area contributed by atoms with Gasteiger partial charge in [0.25, 0.3) is 5.91 Å². The van der Waals surface area contributed by atoms with E-state index in [9.17, 15) is 9.59 Å². The maximum Gasteiger partial charge on any atom is 0.254 e. The molecule has 0 radical (unpaired) electrons. The maximum atomic E-state index is 14.0. The number of benzene rings is 3. The number of anilines is 1. The molecule has 2 amide bonds.